The highest BCUT2D eigenvalue weighted by atomic mass is 14.4. The second-order valence-corrected chi connectivity index (χ2v) is 4.38. The lowest BCUT2D eigenvalue weighted by atomic mass is 9.73. The number of hydrogen-bond donors (Lipinski definition) is 0. The summed E-state index contributed by atoms with van der Waals surface area (Å²) in [6, 6.07) is 12.9. The zero-order valence-corrected chi connectivity index (χ0v) is 10.5. The van der Waals surface area contributed by atoms with Crippen LogP contribution in [0.25, 0.3) is 0 Å². The third-order valence-corrected chi connectivity index (χ3v) is 3.27. The van der Waals surface area contributed by atoms with Crippen LogP contribution >= 0.6 is 0 Å². The Balaban J connectivity index is 2.62. The van der Waals surface area contributed by atoms with Gasteiger partial charge >= 0.3 is 0 Å². The first-order chi connectivity index (χ1) is 9.69. The fourth-order valence-electron chi connectivity index (χ4n) is 2.15. The summed E-state index contributed by atoms with van der Waals surface area (Å²) in [6.45, 7) is 0. The average Bonchev–Trinajstić information content (AvgIpc) is 2.54. The van der Waals surface area contributed by atoms with E-state index in [9.17, 15) is 10.5 Å². The van der Waals surface area contributed by atoms with Crippen molar-refractivity contribution in [1.29, 1.82) is 21.0 Å². The number of nitriles is 4. The molecule has 0 spiro atoms. The molecule has 0 saturated carbocycles. The summed E-state index contributed by atoms with van der Waals surface area (Å²) in [5.74, 6) is 0. The molecule has 92 valence electrons. The molecule has 2 rings (SSSR count). The van der Waals surface area contributed by atoms with Crippen LogP contribution in [-0.2, 0) is 5.41 Å². The summed E-state index contributed by atoms with van der Waals surface area (Å²) in [5.41, 5.74) is 0.760. The first-order valence-corrected chi connectivity index (χ1v) is 5.84. The summed E-state index contributed by atoms with van der Waals surface area (Å²) in [4.78, 5) is 0. The highest BCUT2D eigenvalue weighted by Crippen LogP contribution is 2.35. The van der Waals surface area contributed by atoms with Gasteiger partial charge in [0.1, 0.15) is 5.41 Å². The van der Waals surface area contributed by atoms with Crippen molar-refractivity contribution in [3.8, 4) is 24.3 Å². The minimum atomic E-state index is -1.00. The van der Waals surface area contributed by atoms with Gasteiger partial charge in [0.15, 0.2) is 0 Å². The molecule has 4 nitrogen and oxygen atoms in total. The van der Waals surface area contributed by atoms with Crippen molar-refractivity contribution in [2.75, 3.05) is 0 Å². The van der Waals surface area contributed by atoms with E-state index < -0.39 is 5.41 Å². The molecule has 1 atom stereocenters. The molecule has 0 saturated heterocycles. The van der Waals surface area contributed by atoms with Crippen molar-refractivity contribution in [3.05, 3.63) is 58.7 Å². The molecular weight excluding hydrogens is 248 g/mol. The molecular formula is C16H8N4. The van der Waals surface area contributed by atoms with Crippen molar-refractivity contribution in [1.82, 2.24) is 0 Å². The Hall–Kier alpha value is -3.34. The molecule has 1 aliphatic rings. The van der Waals surface area contributed by atoms with E-state index >= 15 is 0 Å². The predicted molar refractivity (Wildman–Crippen MR) is 70.6 cm³/mol. The van der Waals surface area contributed by atoms with E-state index in [0.717, 1.165) is 0 Å². The van der Waals surface area contributed by atoms with Crippen LogP contribution < -0.4 is 0 Å². The van der Waals surface area contributed by atoms with Gasteiger partial charge in [0.25, 0.3) is 0 Å². The Kier molecular flexibility index (Phi) is 3.35. The molecule has 20 heavy (non-hydrogen) atoms. The number of hydrogen-bond acceptors (Lipinski definition) is 4. The maximum absolute atomic E-state index is 9.53. The Morgan fingerprint density at radius 3 is 2.30 bits per heavy atom. The molecule has 1 unspecified atom stereocenters. The summed E-state index contributed by atoms with van der Waals surface area (Å²) in [6.07, 6.45) is 5.19. The minimum absolute atomic E-state index is 0.312. The van der Waals surface area contributed by atoms with Crippen LogP contribution in [0.1, 0.15) is 23.1 Å². The van der Waals surface area contributed by atoms with Crippen LogP contribution in [0, 0.1) is 45.3 Å². The Morgan fingerprint density at radius 2 is 1.80 bits per heavy atom. The highest BCUT2D eigenvalue weighted by molar-refractivity contribution is 5.55. The van der Waals surface area contributed by atoms with Gasteiger partial charge in [-0.15, -0.1) is 0 Å². The summed E-state index contributed by atoms with van der Waals surface area (Å²) >= 11 is 0. The van der Waals surface area contributed by atoms with E-state index in [1.165, 1.54) is 0 Å². The van der Waals surface area contributed by atoms with Gasteiger partial charge in [0.05, 0.1) is 35.4 Å². The molecule has 0 amide bonds. The molecule has 0 bridgehead atoms. The van der Waals surface area contributed by atoms with Gasteiger partial charge in [-0.1, -0.05) is 12.2 Å². The van der Waals surface area contributed by atoms with E-state index in [2.05, 4.69) is 6.07 Å². The average molecular weight is 256 g/mol. The molecule has 4 heteroatoms. The number of nitrogens with zero attached hydrogens (tertiary/aromatic N) is 4. The summed E-state index contributed by atoms with van der Waals surface area (Å²) in [5, 5.41) is 36.5. The monoisotopic (exact) mass is 256 g/mol. The van der Waals surface area contributed by atoms with Gasteiger partial charge in [-0.25, -0.2) is 0 Å². The fraction of sp³-hybridized carbons (Fsp3) is 0.125. The molecule has 0 radical (unpaired) electrons. The Bertz CT molecular complexity index is 788. The zero-order chi connectivity index (χ0) is 14.6. The van der Waals surface area contributed by atoms with Crippen molar-refractivity contribution in [3.63, 3.8) is 0 Å². The topological polar surface area (TPSA) is 95.2 Å². The lowest BCUT2D eigenvalue weighted by Crippen LogP contribution is -2.24. The Labute approximate surface area is 116 Å². The maximum Gasteiger partial charge on any atom is 0.105 e. The number of rotatable bonds is 1. The third-order valence-electron chi connectivity index (χ3n) is 3.27. The standard InChI is InChI=1S/C16H8N4/c17-8-12-3-5-16(11-20,6-4-12)15-7-13(9-18)1-2-14(15)10-19/h1-5,7H,6H2. The van der Waals surface area contributed by atoms with E-state index in [1.54, 1.807) is 36.4 Å². The van der Waals surface area contributed by atoms with Gasteiger partial charge in [-0.05, 0) is 36.3 Å². The summed E-state index contributed by atoms with van der Waals surface area (Å²) in [7, 11) is 0. The van der Waals surface area contributed by atoms with Gasteiger partial charge in [-0.2, -0.15) is 21.0 Å². The Morgan fingerprint density at radius 1 is 1.00 bits per heavy atom. The van der Waals surface area contributed by atoms with Crippen molar-refractivity contribution in [2.24, 2.45) is 0 Å². The van der Waals surface area contributed by atoms with Gasteiger partial charge in [0, 0.05) is 5.57 Å². The lowest BCUT2D eigenvalue weighted by molar-refractivity contribution is 0.686. The van der Waals surface area contributed by atoms with Crippen LogP contribution in [0.3, 0.4) is 0 Å². The normalized spacial score (nSPS) is 19.9. The first kappa shape index (κ1) is 13.1. The molecule has 0 N–H and O–H groups in total. The quantitative estimate of drug-likeness (QED) is 0.771. The summed E-state index contributed by atoms with van der Waals surface area (Å²) < 4.78 is 0. The third kappa shape index (κ3) is 2.04. The van der Waals surface area contributed by atoms with Crippen molar-refractivity contribution >= 4 is 0 Å². The largest absolute Gasteiger partial charge is 0.197 e. The molecule has 0 fully saturated rings. The minimum Gasteiger partial charge on any atom is -0.197 e. The molecule has 1 aliphatic carbocycles. The van der Waals surface area contributed by atoms with E-state index in [4.69, 9.17) is 10.5 Å². The molecule has 0 heterocycles. The molecule has 0 aliphatic heterocycles. The van der Waals surface area contributed by atoms with Crippen LogP contribution in [-0.4, -0.2) is 0 Å². The predicted octanol–water partition coefficient (Wildman–Crippen LogP) is 2.60. The molecule has 1 aromatic carbocycles. The van der Waals surface area contributed by atoms with E-state index in [-0.39, 0.29) is 0 Å². The molecule has 1 aromatic rings. The van der Waals surface area contributed by atoms with Crippen LogP contribution in [0.2, 0.25) is 0 Å². The highest BCUT2D eigenvalue weighted by Gasteiger charge is 2.33. The SMILES string of the molecule is N#CC1=CCC(C#N)(c2cc(C#N)ccc2C#N)C=C1. The van der Waals surface area contributed by atoms with E-state index in [0.29, 0.717) is 28.7 Å². The zero-order valence-electron chi connectivity index (χ0n) is 10.5. The van der Waals surface area contributed by atoms with Crippen molar-refractivity contribution in [2.45, 2.75) is 11.8 Å². The van der Waals surface area contributed by atoms with Crippen LogP contribution in [0.15, 0.2) is 42.0 Å². The van der Waals surface area contributed by atoms with Gasteiger partial charge in [0.2, 0.25) is 0 Å². The number of benzene rings is 1. The second kappa shape index (κ2) is 5.11. The maximum atomic E-state index is 9.53. The van der Waals surface area contributed by atoms with Gasteiger partial charge < -0.3 is 0 Å². The van der Waals surface area contributed by atoms with Gasteiger partial charge in [-0.3, -0.25) is 0 Å². The van der Waals surface area contributed by atoms with Crippen LogP contribution in [0.4, 0.5) is 0 Å². The van der Waals surface area contributed by atoms with E-state index in [1.807, 2.05) is 18.2 Å². The molecule has 0 aromatic heterocycles. The smallest absolute Gasteiger partial charge is 0.105 e. The first-order valence-electron chi connectivity index (χ1n) is 5.84. The van der Waals surface area contributed by atoms with Crippen LogP contribution in [0.5, 0.6) is 0 Å². The number of allylic oxidation sites excluding steroid dienone is 4. The van der Waals surface area contributed by atoms with Crippen molar-refractivity contribution < 1.29 is 0 Å². The lowest BCUT2D eigenvalue weighted by Gasteiger charge is -2.25. The fourth-order valence-corrected chi connectivity index (χ4v) is 2.15. The second-order valence-electron chi connectivity index (χ2n) is 4.38.